The van der Waals surface area contributed by atoms with Gasteiger partial charge in [0.25, 0.3) is 0 Å². The van der Waals surface area contributed by atoms with Crippen LogP contribution in [0.3, 0.4) is 0 Å². The summed E-state index contributed by atoms with van der Waals surface area (Å²) < 4.78 is 37.2. The minimum atomic E-state index is -5.08. The van der Waals surface area contributed by atoms with Crippen molar-refractivity contribution in [1.29, 1.82) is 0 Å². The molecule has 3 aliphatic rings. The number of methoxy groups -OCH3 is 1. The summed E-state index contributed by atoms with van der Waals surface area (Å²) in [5.74, 6) is -1.75. The third kappa shape index (κ3) is 5.23. The van der Waals surface area contributed by atoms with Crippen LogP contribution in [0, 0.1) is 0 Å². The number of piperazine rings is 1. The first-order valence-corrected chi connectivity index (χ1v) is 14.4. The number of aromatic amines is 1. The van der Waals surface area contributed by atoms with Gasteiger partial charge in [0.05, 0.1) is 23.7 Å². The molecule has 2 aliphatic heterocycles. The number of anilines is 2. The van der Waals surface area contributed by atoms with E-state index in [2.05, 4.69) is 74.7 Å². The first kappa shape index (κ1) is 29.5. The second-order valence-corrected chi connectivity index (χ2v) is 11.2. The molecule has 4 aromatic rings. The van der Waals surface area contributed by atoms with Gasteiger partial charge in [-0.05, 0) is 60.5 Å². The molecule has 1 spiro atoms. The molecule has 9 nitrogen and oxygen atoms in total. The van der Waals surface area contributed by atoms with Crippen molar-refractivity contribution < 1.29 is 32.6 Å². The number of hydrogen-bond donors (Lipinski definition) is 3. The van der Waals surface area contributed by atoms with E-state index in [0.29, 0.717) is 0 Å². The number of aromatic nitrogens is 2. The SMILES string of the molecule is CCN1CCN(c2ccc(-c3n[nH]c4cc([C@@H]5C[C@@]56C(=O)Nc5ccc(OC)cc56)ccc34)cc2)CC1.O=C(O)C(F)(F)F. The van der Waals surface area contributed by atoms with Crippen LogP contribution in [-0.4, -0.2) is 78.1 Å². The van der Waals surface area contributed by atoms with Crippen molar-refractivity contribution >= 4 is 34.2 Å². The van der Waals surface area contributed by atoms with Gasteiger partial charge in [-0.25, -0.2) is 4.79 Å². The van der Waals surface area contributed by atoms with Crippen LogP contribution in [-0.2, 0) is 15.0 Å². The highest BCUT2D eigenvalue weighted by Gasteiger charge is 2.65. The van der Waals surface area contributed by atoms with Gasteiger partial charge in [-0.15, -0.1) is 0 Å². The number of alkyl halides is 3. The number of rotatable bonds is 5. The lowest BCUT2D eigenvalue weighted by Gasteiger charge is -2.35. The molecule has 1 aliphatic carbocycles. The number of halogens is 3. The molecule has 3 N–H and O–H groups in total. The Morgan fingerprint density at radius 2 is 1.77 bits per heavy atom. The Morgan fingerprint density at radius 1 is 1.07 bits per heavy atom. The van der Waals surface area contributed by atoms with Gasteiger partial charge in [0.1, 0.15) is 5.75 Å². The average Bonchev–Trinajstić information content (AvgIpc) is 3.55. The van der Waals surface area contributed by atoms with Crippen molar-refractivity contribution in [1.82, 2.24) is 15.1 Å². The summed E-state index contributed by atoms with van der Waals surface area (Å²) >= 11 is 0. The van der Waals surface area contributed by atoms with Crippen molar-refractivity contribution in [3.8, 4) is 17.0 Å². The number of aliphatic carboxylic acids is 1. The molecule has 0 bridgehead atoms. The molecular weight excluding hydrogens is 575 g/mol. The zero-order valence-electron chi connectivity index (χ0n) is 24.2. The number of ether oxygens (including phenoxy) is 1. The molecule has 44 heavy (non-hydrogen) atoms. The van der Waals surface area contributed by atoms with Crippen molar-refractivity contribution in [3.05, 3.63) is 71.8 Å². The molecule has 2 atom stereocenters. The molecule has 2 fully saturated rings. The minimum Gasteiger partial charge on any atom is -0.497 e. The number of hydrogen-bond acceptors (Lipinski definition) is 6. The largest absolute Gasteiger partial charge is 0.497 e. The maximum absolute atomic E-state index is 13.0. The fourth-order valence-electron chi connectivity index (χ4n) is 6.33. The number of carboxylic acids is 1. The third-order valence-corrected chi connectivity index (χ3v) is 8.88. The third-order valence-electron chi connectivity index (χ3n) is 8.88. The molecule has 1 saturated heterocycles. The van der Waals surface area contributed by atoms with Gasteiger partial charge >= 0.3 is 12.1 Å². The standard InChI is InChI=1S/C30H31N5O2.C2HF3O2/c1-3-34-12-14-35(15-13-34)21-7-4-19(5-8-21)28-23-10-6-20(16-27(23)32-33-28)25-18-30(25)24-17-22(37-2)9-11-26(24)31-29(30)36;3-2(4,5)1(6)7/h4-11,16-17,25H,3,12-15,18H2,1-2H3,(H,31,36)(H,32,33);(H,6,7)/t25-,30-;/m0./s1. The highest BCUT2D eigenvalue weighted by atomic mass is 19.4. The fourth-order valence-corrected chi connectivity index (χ4v) is 6.33. The summed E-state index contributed by atoms with van der Waals surface area (Å²) in [4.78, 5) is 26.9. The van der Waals surface area contributed by atoms with Gasteiger partial charge in [0, 0.05) is 54.4 Å². The molecule has 7 rings (SSSR count). The van der Waals surface area contributed by atoms with Crippen LogP contribution in [0.1, 0.15) is 30.4 Å². The van der Waals surface area contributed by atoms with E-state index in [9.17, 15) is 18.0 Å². The maximum Gasteiger partial charge on any atom is 0.490 e. The molecule has 12 heteroatoms. The van der Waals surface area contributed by atoms with E-state index < -0.39 is 17.6 Å². The Bertz CT molecular complexity index is 1710. The Hall–Kier alpha value is -4.58. The molecule has 1 saturated carbocycles. The van der Waals surface area contributed by atoms with E-state index in [1.807, 2.05) is 18.2 Å². The van der Waals surface area contributed by atoms with Gasteiger partial charge in [-0.3, -0.25) is 9.89 Å². The van der Waals surface area contributed by atoms with Crippen molar-refractivity contribution in [2.24, 2.45) is 0 Å². The summed E-state index contributed by atoms with van der Waals surface area (Å²) in [6.45, 7) is 7.73. The normalized spacial score (nSPS) is 21.1. The zero-order chi connectivity index (χ0) is 31.2. The second-order valence-electron chi connectivity index (χ2n) is 11.2. The van der Waals surface area contributed by atoms with E-state index in [-0.39, 0.29) is 11.8 Å². The van der Waals surface area contributed by atoms with Crippen LogP contribution in [0.2, 0.25) is 0 Å². The summed E-state index contributed by atoms with van der Waals surface area (Å²) in [5, 5.41) is 19.2. The molecule has 1 amide bonds. The first-order valence-electron chi connectivity index (χ1n) is 14.4. The van der Waals surface area contributed by atoms with Crippen LogP contribution < -0.4 is 15.0 Å². The quantitative estimate of drug-likeness (QED) is 0.279. The van der Waals surface area contributed by atoms with Crippen LogP contribution in [0.5, 0.6) is 5.75 Å². The van der Waals surface area contributed by atoms with Gasteiger partial charge < -0.3 is 25.0 Å². The van der Waals surface area contributed by atoms with E-state index in [1.54, 1.807) is 7.11 Å². The number of nitrogens with zero attached hydrogens (tertiary/aromatic N) is 3. The summed E-state index contributed by atoms with van der Waals surface area (Å²) in [5.41, 5.74) is 6.94. The monoisotopic (exact) mass is 607 g/mol. The number of H-pyrrole nitrogens is 1. The van der Waals surface area contributed by atoms with Gasteiger partial charge in [0.15, 0.2) is 0 Å². The highest BCUT2D eigenvalue weighted by Crippen LogP contribution is 2.65. The minimum absolute atomic E-state index is 0.0855. The topological polar surface area (TPSA) is 111 Å². The van der Waals surface area contributed by atoms with Crippen LogP contribution in [0.25, 0.3) is 22.2 Å². The first-order chi connectivity index (χ1) is 21.0. The highest BCUT2D eigenvalue weighted by molar-refractivity contribution is 6.10. The summed E-state index contributed by atoms with van der Waals surface area (Å²) in [7, 11) is 1.66. The van der Waals surface area contributed by atoms with E-state index in [4.69, 9.17) is 14.6 Å². The Balaban J connectivity index is 0.000000441. The van der Waals surface area contributed by atoms with Crippen LogP contribution in [0.4, 0.5) is 24.5 Å². The predicted octanol–water partition coefficient (Wildman–Crippen LogP) is 5.39. The lowest BCUT2D eigenvalue weighted by Crippen LogP contribution is -2.46. The number of benzene rings is 3. The van der Waals surface area contributed by atoms with Crippen molar-refractivity contribution in [2.45, 2.75) is 30.9 Å². The number of fused-ring (bicyclic) bond motifs is 3. The Morgan fingerprint density at radius 3 is 2.41 bits per heavy atom. The number of likely N-dealkylation sites (N-methyl/N-ethyl adjacent to an activating group) is 1. The van der Waals surface area contributed by atoms with E-state index in [1.165, 1.54) is 5.69 Å². The van der Waals surface area contributed by atoms with E-state index in [0.717, 1.165) is 83.9 Å². The maximum atomic E-state index is 13.0. The van der Waals surface area contributed by atoms with Crippen molar-refractivity contribution in [3.63, 3.8) is 0 Å². The van der Waals surface area contributed by atoms with Gasteiger partial charge in [0.2, 0.25) is 5.91 Å². The number of carbonyl (C=O) groups is 2. The van der Waals surface area contributed by atoms with Crippen LogP contribution in [0.15, 0.2) is 60.7 Å². The molecule has 230 valence electrons. The van der Waals surface area contributed by atoms with E-state index >= 15 is 0 Å². The lowest BCUT2D eigenvalue weighted by atomic mass is 9.91. The Kier molecular flexibility index (Phi) is 7.48. The second kappa shape index (κ2) is 11.2. The summed E-state index contributed by atoms with van der Waals surface area (Å²) in [6.07, 6.45) is -4.28. The number of carbonyl (C=O) groups excluding carboxylic acids is 1. The average molecular weight is 608 g/mol. The van der Waals surface area contributed by atoms with Gasteiger partial charge in [-0.2, -0.15) is 18.3 Å². The molecule has 1 aromatic heterocycles. The van der Waals surface area contributed by atoms with Crippen molar-refractivity contribution in [2.75, 3.05) is 50.1 Å². The predicted molar refractivity (Wildman–Crippen MR) is 160 cm³/mol. The number of nitrogens with one attached hydrogen (secondary N) is 2. The van der Waals surface area contributed by atoms with Crippen LogP contribution >= 0.6 is 0 Å². The Labute approximate surface area is 251 Å². The fraction of sp³-hybridized carbons (Fsp3) is 0.344. The molecular formula is C32H32F3N5O4. The lowest BCUT2D eigenvalue weighted by molar-refractivity contribution is -0.192. The molecule has 0 radical (unpaired) electrons. The van der Waals surface area contributed by atoms with Gasteiger partial charge in [-0.1, -0.05) is 31.2 Å². The zero-order valence-corrected chi connectivity index (χ0v) is 24.2. The smallest absolute Gasteiger partial charge is 0.490 e. The molecule has 3 heterocycles. The number of amides is 1. The molecule has 3 aromatic carbocycles. The molecule has 0 unspecified atom stereocenters. The summed E-state index contributed by atoms with van der Waals surface area (Å²) in [6, 6.07) is 21.1. The number of carboxylic acid groups (broad SMARTS) is 1.